The maximum atomic E-state index is 12.8. The van der Waals surface area contributed by atoms with Gasteiger partial charge in [0.05, 0.1) is 9.92 Å². The van der Waals surface area contributed by atoms with Crippen LogP contribution in [0.25, 0.3) is 0 Å². The summed E-state index contributed by atoms with van der Waals surface area (Å²) >= 11 is 13.3. The smallest absolute Gasteiger partial charge is 0.263 e. The van der Waals surface area contributed by atoms with E-state index in [-0.39, 0.29) is 52.2 Å². The molecule has 0 unspecified atom stereocenters. The van der Waals surface area contributed by atoms with Crippen molar-refractivity contribution < 1.29 is 22.7 Å². The molecule has 3 aromatic rings. The molecule has 1 aromatic heterocycles. The van der Waals surface area contributed by atoms with E-state index in [0.717, 1.165) is 0 Å². The Bertz CT molecular complexity index is 1330. The molecular formula is C22H20Cl2N4O5S2. The maximum absolute atomic E-state index is 12.8. The predicted molar refractivity (Wildman–Crippen MR) is 135 cm³/mol. The van der Waals surface area contributed by atoms with E-state index < -0.39 is 16.1 Å². The van der Waals surface area contributed by atoms with Crippen LogP contribution in [0.1, 0.15) is 6.92 Å². The molecule has 35 heavy (non-hydrogen) atoms. The number of thiazole rings is 1. The van der Waals surface area contributed by atoms with Crippen molar-refractivity contribution in [3.8, 4) is 5.75 Å². The molecule has 1 saturated heterocycles. The van der Waals surface area contributed by atoms with Gasteiger partial charge in [-0.05, 0) is 43.3 Å². The Hall–Kier alpha value is -2.86. The Morgan fingerprint density at radius 1 is 1.17 bits per heavy atom. The first-order chi connectivity index (χ1) is 16.7. The van der Waals surface area contributed by atoms with E-state index in [4.69, 9.17) is 27.9 Å². The number of nitrogens with one attached hydrogen (secondary N) is 1. The summed E-state index contributed by atoms with van der Waals surface area (Å²) in [7, 11) is -3.80. The molecule has 1 aliphatic heterocycles. The molecule has 2 aromatic carbocycles. The van der Waals surface area contributed by atoms with Crippen LogP contribution in [0.2, 0.25) is 10.0 Å². The summed E-state index contributed by atoms with van der Waals surface area (Å²) < 4.78 is 33.1. The average Bonchev–Trinajstić information content (AvgIpc) is 3.34. The lowest BCUT2D eigenvalue weighted by atomic mass is 10.2. The summed E-state index contributed by atoms with van der Waals surface area (Å²) in [5.74, 6) is -0.373. The van der Waals surface area contributed by atoms with E-state index in [1.54, 1.807) is 42.6 Å². The highest BCUT2D eigenvalue weighted by Crippen LogP contribution is 2.32. The van der Waals surface area contributed by atoms with Gasteiger partial charge in [0, 0.05) is 30.4 Å². The van der Waals surface area contributed by atoms with Gasteiger partial charge in [0.25, 0.3) is 15.9 Å². The molecule has 184 valence electrons. The fraction of sp³-hybridized carbons (Fsp3) is 0.227. The number of anilines is 2. The zero-order valence-corrected chi connectivity index (χ0v) is 21.5. The van der Waals surface area contributed by atoms with Crippen molar-refractivity contribution >= 4 is 67.2 Å². The number of rotatable bonds is 7. The predicted octanol–water partition coefficient (Wildman–Crippen LogP) is 3.89. The minimum absolute atomic E-state index is 0.0448. The van der Waals surface area contributed by atoms with Crippen molar-refractivity contribution in [3.63, 3.8) is 0 Å². The molecule has 0 saturated carbocycles. The summed E-state index contributed by atoms with van der Waals surface area (Å²) in [5.41, 5.74) is 0.533. The number of amides is 2. The summed E-state index contributed by atoms with van der Waals surface area (Å²) in [4.78, 5) is 32.5. The second-order valence-electron chi connectivity index (χ2n) is 7.55. The third kappa shape index (κ3) is 5.69. The molecule has 0 radical (unpaired) electrons. The van der Waals surface area contributed by atoms with Gasteiger partial charge in [-0.2, -0.15) is 0 Å². The van der Waals surface area contributed by atoms with Crippen molar-refractivity contribution in [2.75, 3.05) is 29.3 Å². The highest BCUT2D eigenvalue weighted by molar-refractivity contribution is 7.93. The normalized spacial score (nSPS) is 15.1. The number of aromatic nitrogens is 1. The van der Waals surface area contributed by atoms with Gasteiger partial charge in [0.1, 0.15) is 17.3 Å². The monoisotopic (exact) mass is 554 g/mol. The van der Waals surface area contributed by atoms with Gasteiger partial charge < -0.3 is 14.5 Å². The largest absolute Gasteiger partial charge is 0.479 e. The van der Waals surface area contributed by atoms with Gasteiger partial charge in [0.2, 0.25) is 5.91 Å². The number of carbonyl (C=O) groups excluding carboxylic acids is 2. The van der Waals surface area contributed by atoms with Crippen molar-refractivity contribution in [3.05, 3.63) is 64.1 Å². The number of benzene rings is 2. The lowest BCUT2D eigenvalue weighted by molar-refractivity contribution is -0.142. The number of sulfonamides is 1. The third-order valence-electron chi connectivity index (χ3n) is 5.21. The molecule has 2 heterocycles. The van der Waals surface area contributed by atoms with Gasteiger partial charge >= 0.3 is 0 Å². The number of carbonyl (C=O) groups is 2. The number of nitrogens with zero attached hydrogens (tertiary/aromatic N) is 3. The van der Waals surface area contributed by atoms with Crippen LogP contribution in [0.3, 0.4) is 0 Å². The van der Waals surface area contributed by atoms with Gasteiger partial charge in [0.15, 0.2) is 11.2 Å². The molecule has 1 atom stereocenters. The highest BCUT2D eigenvalue weighted by atomic mass is 35.5. The second-order valence-corrected chi connectivity index (χ2v) is 10.9. The van der Waals surface area contributed by atoms with Crippen molar-refractivity contribution in [2.45, 2.75) is 17.9 Å². The summed E-state index contributed by atoms with van der Waals surface area (Å²) in [5, 5.41) is 2.45. The van der Waals surface area contributed by atoms with Crippen LogP contribution in [0.5, 0.6) is 5.75 Å². The summed E-state index contributed by atoms with van der Waals surface area (Å²) in [6.45, 7) is 1.97. The molecule has 9 nitrogen and oxygen atoms in total. The Morgan fingerprint density at radius 3 is 2.57 bits per heavy atom. The molecule has 0 aliphatic carbocycles. The van der Waals surface area contributed by atoms with E-state index in [2.05, 4.69) is 9.71 Å². The van der Waals surface area contributed by atoms with Crippen LogP contribution in [-0.2, 0) is 19.6 Å². The fourth-order valence-electron chi connectivity index (χ4n) is 3.46. The zero-order chi connectivity index (χ0) is 25.2. The van der Waals surface area contributed by atoms with E-state index in [1.807, 2.05) is 0 Å². The van der Waals surface area contributed by atoms with Gasteiger partial charge in [-0.1, -0.05) is 29.3 Å². The van der Waals surface area contributed by atoms with Gasteiger partial charge in [-0.25, -0.2) is 13.4 Å². The average molecular weight is 555 g/mol. The first-order valence-corrected chi connectivity index (χ1v) is 13.5. The number of hydrogen-bond acceptors (Lipinski definition) is 7. The van der Waals surface area contributed by atoms with Crippen LogP contribution in [0.15, 0.2) is 58.9 Å². The number of piperazine rings is 1. The van der Waals surface area contributed by atoms with Crippen LogP contribution in [-0.4, -0.2) is 55.9 Å². The molecule has 1 fully saturated rings. The molecule has 1 N–H and O–H groups in total. The molecule has 0 spiro atoms. The Morgan fingerprint density at radius 2 is 1.91 bits per heavy atom. The van der Waals surface area contributed by atoms with Crippen molar-refractivity contribution in [1.29, 1.82) is 0 Å². The summed E-state index contributed by atoms with van der Waals surface area (Å²) in [6.07, 6.45) is 0.626. The lowest BCUT2D eigenvalue weighted by Crippen LogP contribution is -2.54. The van der Waals surface area contributed by atoms with E-state index in [0.29, 0.717) is 10.7 Å². The van der Waals surface area contributed by atoms with E-state index in [1.165, 1.54) is 39.5 Å². The van der Waals surface area contributed by atoms with Crippen LogP contribution in [0.4, 0.5) is 10.8 Å². The van der Waals surface area contributed by atoms with Crippen LogP contribution < -0.4 is 14.4 Å². The Balaban J connectivity index is 1.38. The maximum Gasteiger partial charge on any atom is 0.263 e. The molecular weight excluding hydrogens is 535 g/mol. The van der Waals surface area contributed by atoms with E-state index >= 15 is 0 Å². The van der Waals surface area contributed by atoms with Crippen LogP contribution >= 0.6 is 34.5 Å². The first-order valence-electron chi connectivity index (χ1n) is 10.4. The SMILES string of the molecule is C[C@@H](Oc1cccc(Cl)c1Cl)C(=O)N1CCN(c2ccc(S(=O)(=O)Nc3nccs3)cc2)C(=O)C1. The molecule has 0 bridgehead atoms. The minimum atomic E-state index is -3.80. The Kier molecular flexibility index (Phi) is 7.50. The molecule has 1 aliphatic rings. The minimum Gasteiger partial charge on any atom is -0.479 e. The molecule has 2 amide bonds. The Labute approximate surface area is 216 Å². The topological polar surface area (TPSA) is 109 Å². The molecule has 4 rings (SSSR count). The standard InChI is InChI=1S/C22H20Cl2N4O5S2/c1-14(33-18-4-2-3-17(23)20(18)24)21(30)27-10-11-28(19(29)13-27)15-5-7-16(8-6-15)35(31,32)26-22-25-9-12-34-22/h2-9,12,14H,10-11,13H2,1H3,(H,25,26)/t14-/m1/s1. The fourth-order valence-corrected chi connectivity index (χ4v) is 5.59. The lowest BCUT2D eigenvalue weighted by Gasteiger charge is -2.35. The number of hydrogen-bond donors (Lipinski definition) is 1. The first kappa shape index (κ1) is 25.2. The van der Waals surface area contributed by atoms with Crippen LogP contribution in [0, 0.1) is 0 Å². The number of halogens is 2. The highest BCUT2D eigenvalue weighted by Gasteiger charge is 2.31. The van der Waals surface area contributed by atoms with Crippen molar-refractivity contribution in [2.24, 2.45) is 0 Å². The second kappa shape index (κ2) is 10.4. The third-order valence-corrected chi connectivity index (χ3v) is 8.19. The number of ether oxygens (including phenoxy) is 1. The van der Waals surface area contributed by atoms with Gasteiger partial charge in [-0.15, -0.1) is 11.3 Å². The van der Waals surface area contributed by atoms with E-state index in [9.17, 15) is 18.0 Å². The van der Waals surface area contributed by atoms with Gasteiger partial charge in [-0.3, -0.25) is 14.3 Å². The van der Waals surface area contributed by atoms with Crippen molar-refractivity contribution in [1.82, 2.24) is 9.88 Å². The molecule has 13 heteroatoms. The zero-order valence-electron chi connectivity index (χ0n) is 18.4. The summed E-state index contributed by atoms with van der Waals surface area (Å²) in [6, 6.07) is 10.8. The quantitative estimate of drug-likeness (QED) is 0.474.